The lowest BCUT2D eigenvalue weighted by Crippen LogP contribution is -2.29. The highest BCUT2D eigenvalue weighted by molar-refractivity contribution is 7.17. The number of fused-ring (bicyclic) bond motifs is 2. The van der Waals surface area contributed by atoms with Gasteiger partial charge in [-0.05, 0) is 62.5 Å². The highest BCUT2D eigenvalue weighted by atomic mass is 32.1. The van der Waals surface area contributed by atoms with E-state index in [-0.39, 0.29) is 0 Å². The standard InChI is InChI=1S/C24H28N2O6S2/c1-31-23(29)17-13-9-5-3-7-11-15(13)33-21(17)25-19(27)20(28)26-22-18(24(30)32-2)14-10-6-4-8-12-16(14)34-22/h3-12H2,1-2H3,(H,25,27)(H,26,28). The van der Waals surface area contributed by atoms with Crippen LogP contribution in [0.3, 0.4) is 0 Å². The summed E-state index contributed by atoms with van der Waals surface area (Å²) in [5.41, 5.74) is 2.48. The van der Waals surface area contributed by atoms with Gasteiger partial charge in [-0.25, -0.2) is 9.59 Å². The fourth-order valence-electron chi connectivity index (χ4n) is 4.62. The number of esters is 2. The van der Waals surface area contributed by atoms with Gasteiger partial charge in [0, 0.05) is 9.75 Å². The van der Waals surface area contributed by atoms with Crippen molar-refractivity contribution < 1.29 is 28.7 Å². The molecule has 2 N–H and O–H groups in total. The first-order valence-corrected chi connectivity index (χ1v) is 13.2. The van der Waals surface area contributed by atoms with Crippen LogP contribution >= 0.6 is 22.7 Å². The molecule has 0 spiro atoms. The molecule has 0 aliphatic heterocycles. The van der Waals surface area contributed by atoms with Crippen LogP contribution in [0, 0.1) is 0 Å². The number of aryl methyl sites for hydroxylation is 2. The molecule has 2 aliphatic rings. The second-order valence-electron chi connectivity index (χ2n) is 8.43. The maximum atomic E-state index is 12.8. The third-order valence-electron chi connectivity index (χ3n) is 6.28. The smallest absolute Gasteiger partial charge is 0.341 e. The molecule has 0 saturated heterocycles. The maximum absolute atomic E-state index is 12.8. The Hall–Kier alpha value is -2.72. The van der Waals surface area contributed by atoms with Gasteiger partial charge in [0.25, 0.3) is 0 Å². The zero-order valence-electron chi connectivity index (χ0n) is 19.3. The number of anilines is 2. The number of nitrogens with one attached hydrogen (secondary N) is 2. The number of carbonyl (C=O) groups is 4. The van der Waals surface area contributed by atoms with Crippen molar-refractivity contribution in [3.8, 4) is 0 Å². The van der Waals surface area contributed by atoms with Crippen molar-refractivity contribution in [3.63, 3.8) is 0 Å². The lowest BCUT2D eigenvalue weighted by Gasteiger charge is -2.09. The van der Waals surface area contributed by atoms with Gasteiger partial charge in [-0.15, -0.1) is 22.7 Å². The molecule has 0 saturated carbocycles. The summed E-state index contributed by atoms with van der Waals surface area (Å²) >= 11 is 2.65. The van der Waals surface area contributed by atoms with Crippen LogP contribution in [0.2, 0.25) is 0 Å². The highest BCUT2D eigenvalue weighted by Gasteiger charge is 2.30. The van der Waals surface area contributed by atoms with Crippen molar-refractivity contribution >= 4 is 56.4 Å². The number of ether oxygens (including phenoxy) is 2. The van der Waals surface area contributed by atoms with E-state index in [0.29, 0.717) is 21.1 Å². The van der Waals surface area contributed by atoms with Gasteiger partial charge in [-0.1, -0.05) is 12.8 Å². The van der Waals surface area contributed by atoms with Crippen molar-refractivity contribution in [3.05, 3.63) is 32.0 Å². The van der Waals surface area contributed by atoms with E-state index in [1.54, 1.807) is 0 Å². The van der Waals surface area contributed by atoms with E-state index in [1.807, 2.05) is 0 Å². The summed E-state index contributed by atoms with van der Waals surface area (Å²) in [7, 11) is 2.60. The molecule has 0 unspecified atom stereocenters. The second kappa shape index (κ2) is 10.7. The fourth-order valence-corrected chi connectivity index (χ4v) is 7.16. The molecule has 0 fully saturated rings. The van der Waals surface area contributed by atoms with Crippen LogP contribution in [-0.4, -0.2) is 38.0 Å². The summed E-state index contributed by atoms with van der Waals surface area (Å²) in [4.78, 5) is 52.7. The largest absolute Gasteiger partial charge is 0.465 e. The molecule has 0 radical (unpaired) electrons. The van der Waals surface area contributed by atoms with Crippen molar-refractivity contribution in [2.75, 3.05) is 24.9 Å². The molecular weight excluding hydrogens is 476 g/mol. The Balaban J connectivity index is 1.57. The average Bonchev–Trinajstić information content (AvgIpc) is 3.11. The predicted molar refractivity (Wildman–Crippen MR) is 131 cm³/mol. The zero-order chi connectivity index (χ0) is 24.2. The Kier molecular flexibility index (Phi) is 7.67. The van der Waals surface area contributed by atoms with E-state index in [2.05, 4.69) is 10.6 Å². The molecule has 2 amide bonds. The van der Waals surface area contributed by atoms with E-state index in [9.17, 15) is 19.2 Å². The summed E-state index contributed by atoms with van der Waals surface area (Å²) in [6.45, 7) is 0. The number of methoxy groups -OCH3 is 2. The summed E-state index contributed by atoms with van der Waals surface area (Å²) < 4.78 is 9.91. The van der Waals surface area contributed by atoms with E-state index in [4.69, 9.17) is 9.47 Å². The van der Waals surface area contributed by atoms with Gasteiger partial charge in [0.15, 0.2) is 0 Å². The molecule has 0 bridgehead atoms. The molecule has 34 heavy (non-hydrogen) atoms. The number of hydrogen-bond acceptors (Lipinski definition) is 8. The van der Waals surface area contributed by atoms with Gasteiger partial charge < -0.3 is 20.1 Å². The Labute approximate surface area is 206 Å². The molecule has 4 rings (SSSR count). The van der Waals surface area contributed by atoms with E-state index in [1.165, 1.54) is 36.9 Å². The number of thiophene rings is 2. The maximum Gasteiger partial charge on any atom is 0.341 e. The Morgan fingerprint density at radius 3 is 1.38 bits per heavy atom. The fraction of sp³-hybridized carbons (Fsp3) is 0.500. The Morgan fingerprint density at radius 2 is 1.00 bits per heavy atom. The SMILES string of the molecule is COC(=O)c1c(NC(=O)C(=O)Nc2sc3c(c2C(=O)OC)CCCCC3)sc2c1CCCCC2. The van der Waals surface area contributed by atoms with Gasteiger partial charge >= 0.3 is 23.8 Å². The Morgan fingerprint density at radius 1 is 0.618 bits per heavy atom. The van der Waals surface area contributed by atoms with Gasteiger partial charge in [0.1, 0.15) is 10.0 Å². The lowest BCUT2D eigenvalue weighted by molar-refractivity contribution is -0.132. The average molecular weight is 505 g/mol. The first kappa shape index (κ1) is 24.4. The molecule has 0 atom stereocenters. The molecule has 2 aromatic rings. The van der Waals surface area contributed by atoms with Gasteiger partial charge in [0.2, 0.25) is 0 Å². The van der Waals surface area contributed by atoms with Crippen LogP contribution in [0.5, 0.6) is 0 Å². The van der Waals surface area contributed by atoms with Crippen LogP contribution in [0.15, 0.2) is 0 Å². The predicted octanol–water partition coefficient (Wildman–Crippen LogP) is 4.50. The van der Waals surface area contributed by atoms with Crippen LogP contribution < -0.4 is 10.6 Å². The van der Waals surface area contributed by atoms with E-state index >= 15 is 0 Å². The third-order valence-corrected chi connectivity index (χ3v) is 8.70. The van der Waals surface area contributed by atoms with Crippen LogP contribution in [0.4, 0.5) is 10.0 Å². The van der Waals surface area contributed by atoms with E-state index < -0.39 is 23.8 Å². The first-order chi connectivity index (χ1) is 16.4. The monoisotopic (exact) mass is 504 g/mol. The second-order valence-corrected chi connectivity index (χ2v) is 10.6. The van der Waals surface area contributed by atoms with Gasteiger partial charge in [0.05, 0.1) is 25.3 Å². The molecular formula is C24H28N2O6S2. The van der Waals surface area contributed by atoms with Crippen molar-refractivity contribution in [1.82, 2.24) is 0 Å². The molecule has 2 aliphatic carbocycles. The number of hydrogen-bond donors (Lipinski definition) is 2. The molecule has 0 aromatic carbocycles. The molecule has 2 aromatic heterocycles. The van der Waals surface area contributed by atoms with Gasteiger partial charge in [-0.3, -0.25) is 9.59 Å². The van der Waals surface area contributed by atoms with Crippen molar-refractivity contribution in [1.29, 1.82) is 0 Å². The van der Waals surface area contributed by atoms with Crippen LogP contribution in [0.25, 0.3) is 0 Å². The topological polar surface area (TPSA) is 111 Å². The van der Waals surface area contributed by atoms with E-state index in [0.717, 1.165) is 85.1 Å². The molecule has 182 valence electrons. The summed E-state index contributed by atoms with van der Waals surface area (Å²) in [5.74, 6) is -2.85. The number of amides is 2. The third kappa shape index (κ3) is 4.88. The molecule has 8 nitrogen and oxygen atoms in total. The minimum absolute atomic E-state index is 0.328. The van der Waals surface area contributed by atoms with Gasteiger partial charge in [-0.2, -0.15) is 0 Å². The summed E-state index contributed by atoms with van der Waals surface area (Å²) in [6, 6.07) is 0. The first-order valence-electron chi connectivity index (χ1n) is 11.5. The number of carbonyl (C=O) groups excluding carboxylic acids is 4. The number of rotatable bonds is 4. The van der Waals surface area contributed by atoms with Crippen LogP contribution in [-0.2, 0) is 44.7 Å². The van der Waals surface area contributed by atoms with Crippen LogP contribution in [0.1, 0.15) is 80.1 Å². The molecule has 10 heteroatoms. The Bertz CT molecular complexity index is 1040. The summed E-state index contributed by atoms with van der Waals surface area (Å²) in [5, 5.41) is 5.88. The zero-order valence-corrected chi connectivity index (χ0v) is 21.0. The normalized spacial score (nSPS) is 15.2. The lowest BCUT2D eigenvalue weighted by atomic mass is 10.1. The highest BCUT2D eigenvalue weighted by Crippen LogP contribution is 2.39. The summed E-state index contributed by atoms with van der Waals surface area (Å²) in [6.07, 6.45) is 9.25. The minimum Gasteiger partial charge on any atom is -0.465 e. The minimum atomic E-state index is -0.902. The quantitative estimate of drug-likeness (QED) is 0.360. The molecule has 2 heterocycles. The van der Waals surface area contributed by atoms with Crippen molar-refractivity contribution in [2.24, 2.45) is 0 Å². The van der Waals surface area contributed by atoms with Crippen molar-refractivity contribution in [2.45, 2.75) is 64.2 Å².